The number of rotatable bonds is 4. The van der Waals surface area contributed by atoms with E-state index in [4.69, 9.17) is 5.73 Å². The molecule has 13 heavy (non-hydrogen) atoms. The molecule has 1 rings (SSSR count). The van der Waals surface area contributed by atoms with Gasteiger partial charge in [-0.2, -0.15) is 0 Å². The maximum absolute atomic E-state index is 9.76. The van der Waals surface area contributed by atoms with E-state index in [0.717, 1.165) is 25.7 Å². The molecule has 0 aromatic rings. The van der Waals surface area contributed by atoms with Crippen molar-refractivity contribution in [2.45, 2.75) is 57.2 Å². The summed E-state index contributed by atoms with van der Waals surface area (Å²) >= 11 is 0. The molecular weight excluding hydrogens is 164 g/mol. The molecule has 0 radical (unpaired) electrons. The van der Waals surface area contributed by atoms with E-state index >= 15 is 0 Å². The molecule has 0 aliphatic heterocycles. The Hall–Kier alpha value is -0.120. The number of hydrogen-bond acceptors (Lipinski definition) is 3. The van der Waals surface area contributed by atoms with Gasteiger partial charge in [-0.3, -0.25) is 0 Å². The van der Waals surface area contributed by atoms with Gasteiger partial charge in [0.1, 0.15) is 0 Å². The summed E-state index contributed by atoms with van der Waals surface area (Å²) in [6.45, 7) is 4.55. The summed E-state index contributed by atoms with van der Waals surface area (Å²) in [5.41, 5.74) is 5.23. The fourth-order valence-electron chi connectivity index (χ4n) is 1.69. The summed E-state index contributed by atoms with van der Waals surface area (Å²) in [6.07, 6.45) is 4.12. The van der Waals surface area contributed by atoms with Crippen molar-refractivity contribution < 1.29 is 5.11 Å². The third kappa shape index (κ3) is 3.63. The average Bonchev–Trinajstić information content (AvgIpc) is 2.48. The SMILES string of the molecule is CCC(C)(O)CNC1CCC(N)C1. The number of nitrogens with two attached hydrogens (primary N) is 1. The lowest BCUT2D eigenvalue weighted by molar-refractivity contribution is 0.0530. The Balaban J connectivity index is 2.19. The van der Waals surface area contributed by atoms with E-state index in [0.29, 0.717) is 18.6 Å². The summed E-state index contributed by atoms with van der Waals surface area (Å²) in [6, 6.07) is 0.886. The topological polar surface area (TPSA) is 58.3 Å². The highest BCUT2D eigenvalue weighted by molar-refractivity contribution is 4.85. The maximum Gasteiger partial charge on any atom is 0.0741 e. The molecule has 0 aromatic heterocycles. The van der Waals surface area contributed by atoms with Crippen LogP contribution in [0.3, 0.4) is 0 Å². The first-order valence-electron chi connectivity index (χ1n) is 5.25. The van der Waals surface area contributed by atoms with Crippen molar-refractivity contribution in [1.29, 1.82) is 0 Å². The van der Waals surface area contributed by atoms with Crippen molar-refractivity contribution in [2.75, 3.05) is 6.54 Å². The van der Waals surface area contributed by atoms with Crippen molar-refractivity contribution >= 4 is 0 Å². The molecule has 0 aromatic carbocycles. The van der Waals surface area contributed by atoms with Crippen molar-refractivity contribution in [1.82, 2.24) is 5.32 Å². The molecule has 3 unspecified atom stereocenters. The Morgan fingerprint density at radius 3 is 2.69 bits per heavy atom. The largest absolute Gasteiger partial charge is 0.389 e. The molecule has 1 fully saturated rings. The molecule has 4 N–H and O–H groups in total. The van der Waals surface area contributed by atoms with Crippen LogP contribution in [0.15, 0.2) is 0 Å². The summed E-state index contributed by atoms with van der Waals surface area (Å²) in [4.78, 5) is 0. The van der Waals surface area contributed by atoms with Gasteiger partial charge in [0.05, 0.1) is 5.60 Å². The predicted molar refractivity (Wildman–Crippen MR) is 54.5 cm³/mol. The van der Waals surface area contributed by atoms with Gasteiger partial charge in [0, 0.05) is 18.6 Å². The molecule has 0 heterocycles. The van der Waals surface area contributed by atoms with Crippen molar-refractivity contribution in [3.8, 4) is 0 Å². The lowest BCUT2D eigenvalue weighted by Gasteiger charge is -2.24. The maximum atomic E-state index is 9.76. The molecule has 1 aliphatic carbocycles. The van der Waals surface area contributed by atoms with Gasteiger partial charge < -0.3 is 16.2 Å². The zero-order valence-electron chi connectivity index (χ0n) is 8.71. The van der Waals surface area contributed by atoms with Gasteiger partial charge in [-0.05, 0) is 32.6 Å². The number of hydrogen-bond donors (Lipinski definition) is 3. The Kier molecular flexibility index (Phi) is 3.71. The minimum atomic E-state index is -0.563. The Morgan fingerprint density at radius 1 is 1.54 bits per heavy atom. The van der Waals surface area contributed by atoms with Crippen molar-refractivity contribution in [3.63, 3.8) is 0 Å². The van der Waals surface area contributed by atoms with E-state index in [2.05, 4.69) is 5.32 Å². The van der Waals surface area contributed by atoms with Crippen LogP contribution in [0, 0.1) is 0 Å². The van der Waals surface area contributed by atoms with Gasteiger partial charge in [-0.15, -0.1) is 0 Å². The molecule has 1 aliphatic rings. The Morgan fingerprint density at radius 2 is 2.23 bits per heavy atom. The third-order valence-corrected chi connectivity index (χ3v) is 3.01. The van der Waals surface area contributed by atoms with E-state index < -0.39 is 5.60 Å². The van der Waals surface area contributed by atoms with Gasteiger partial charge in [0.15, 0.2) is 0 Å². The van der Waals surface area contributed by atoms with E-state index in [-0.39, 0.29) is 0 Å². The van der Waals surface area contributed by atoms with Crippen LogP contribution in [-0.4, -0.2) is 29.3 Å². The molecule has 1 saturated carbocycles. The fraction of sp³-hybridized carbons (Fsp3) is 1.00. The first-order chi connectivity index (χ1) is 6.03. The smallest absolute Gasteiger partial charge is 0.0741 e. The molecule has 0 amide bonds. The van der Waals surface area contributed by atoms with Crippen molar-refractivity contribution in [2.24, 2.45) is 5.73 Å². The normalized spacial score (nSPS) is 33.2. The lowest BCUT2D eigenvalue weighted by Crippen LogP contribution is -2.41. The predicted octanol–water partition coefficient (Wildman–Crippen LogP) is 0.617. The zero-order valence-corrected chi connectivity index (χ0v) is 8.71. The molecule has 0 bridgehead atoms. The monoisotopic (exact) mass is 186 g/mol. The average molecular weight is 186 g/mol. The van der Waals surface area contributed by atoms with E-state index in [1.54, 1.807) is 0 Å². The highest BCUT2D eigenvalue weighted by atomic mass is 16.3. The van der Waals surface area contributed by atoms with Crippen LogP contribution in [-0.2, 0) is 0 Å². The third-order valence-electron chi connectivity index (χ3n) is 3.01. The quantitative estimate of drug-likeness (QED) is 0.603. The minimum absolute atomic E-state index is 0.365. The molecular formula is C10H22N2O. The molecule has 3 nitrogen and oxygen atoms in total. The standard InChI is InChI=1S/C10H22N2O/c1-3-10(2,13)7-12-9-5-4-8(11)6-9/h8-9,12-13H,3-7,11H2,1-2H3. The van der Waals surface area contributed by atoms with Crippen LogP contribution < -0.4 is 11.1 Å². The van der Waals surface area contributed by atoms with E-state index in [1.807, 2.05) is 13.8 Å². The zero-order chi connectivity index (χ0) is 9.90. The summed E-state index contributed by atoms with van der Waals surface area (Å²) < 4.78 is 0. The van der Waals surface area contributed by atoms with Gasteiger partial charge >= 0.3 is 0 Å². The first-order valence-corrected chi connectivity index (χ1v) is 5.25. The highest BCUT2D eigenvalue weighted by Gasteiger charge is 2.24. The Labute approximate surface area is 80.7 Å². The lowest BCUT2D eigenvalue weighted by atomic mass is 10.0. The van der Waals surface area contributed by atoms with Gasteiger partial charge in [-0.1, -0.05) is 6.92 Å². The van der Waals surface area contributed by atoms with Crippen LogP contribution in [0.25, 0.3) is 0 Å². The van der Waals surface area contributed by atoms with E-state index in [9.17, 15) is 5.11 Å². The highest BCUT2D eigenvalue weighted by Crippen LogP contribution is 2.18. The summed E-state index contributed by atoms with van der Waals surface area (Å²) in [5.74, 6) is 0. The van der Waals surface area contributed by atoms with Crippen LogP contribution in [0.5, 0.6) is 0 Å². The molecule has 0 saturated heterocycles. The minimum Gasteiger partial charge on any atom is -0.389 e. The molecule has 3 atom stereocenters. The van der Waals surface area contributed by atoms with Crippen LogP contribution >= 0.6 is 0 Å². The first kappa shape index (κ1) is 11.0. The van der Waals surface area contributed by atoms with Crippen molar-refractivity contribution in [3.05, 3.63) is 0 Å². The van der Waals surface area contributed by atoms with E-state index in [1.165, 1.54) is 0 Å². The van der Waals surface area contributed by atoms with Crippen LogP contribution in [0.1, 0.15) is 39.5 Å². The fourth-order valence-corrected chi connectivity index (χ4v) is 1.69. The molecule has 3 heteroatoms. The number of nitrogens with one attached hydrogen (secondary N) is 1. The van der Waals surface area contributed by atoms with Gasteiger partial charge in [0.2, 0.25) is 0 Å². The van der Waals surface area contributed by atoms with Crippen LogP contribution in [0.2, 0.25) is 0 Å². The van der Waals surface area contributed by atoms with Crippen LogP contribution in [0.4, 0.5) is 0 Å². The summed E-state index contributed by atoms with van der Waals surface area (Å²) in [5, 5.41) is 13.1. The van der Waals surface area contributed by atoms with Gasteiger partial charge in [0.25, 0.3) is 0 Å². The molecule has 0 spiro atoms. The Bertz CT molecular complexity index is 159. The second-order valence-electron chi connectivity index (χ2n) is 4.50. The number of aliphatic hydroxyl groups is 1. The van der Waals surface area contributed by atoms with Gasteiger partial charge in [-0.25, -0.2) is 0 Å². The molecule has 78 valence electrons. The second-order valence-corrected chi connectivity index (χ2v) is 4.50. The summed E-state index contributed by atoms with van der Waals surface area (Å²) in [7, 11) is 0. The second kappa shape index (κ2) is 4.40.